The van der Waals surface area contributed by atoms with Crippen molar-refractivity contribution in [2.75, 3.05) is 6.54 Å². The summed E-state index contributed by atoms with van der Waals surface area (Å²) >= 11 is 0. The Kier molecular flexibility index (Phi) is 3.51. The van der Waals surface area contributed by atoms with Crippen LogP contribution in [0.4, 0.5) is 5.69 Å². The minimum Gasteiger partial charge on any atom is -0.312 e. The Morgan fingerprint density at radius 3 is 2.58 bits per heavy atom. The van der Waals surface area contributed by atoms with Crippen LogP contribution >= 0.6 is 0 Å². The quantitative estimate of drug-likeness (QED) is 0.653. The largest absolute Gasteiger partial charge is 0.312 e. The standard InChI is InChI=1S/C15H20N2O2/c18-17(19)15-5-2-11(3-6-15)9-16-10-14-8-12-1-4-13(14)7-12/h2-3,5-6,12-14,16H,1,4,7-10H2/t12?,13?,14-/m1/s1. The first-order valence-electron chi connectivity index (χ1n) is 7.16. The lowest BCUT2D eigenvalue weighted by Crippen LogP contribution is -2.26. The van der Waals surface area contributed by atoms with E-state index in [-0.39, 0.29) is 10.6 Å². The molecule has 2 bridgehead atoms. The number of fused-ring (bicyclic) bond motifs is 2. The van der Waals surface area contributed by atoms with Gasteiger partial charge in [-0.05, 0) is 49.1 Å². The van der Waals surface area contributed by atoms with Crippen molar-refractivity contribution in [2.24, 2.45) is 17.8 Å². The first-order valence-corrected chi connectivity index (χ1v) is 7.16. The topological polar surface area (TPSA) is 55.2 Å². The summed E-state index contributed by atoms with van der Waals surface area (Å²) < 4.78 is 0. The van der Waals surface area contributed by atoms with Crippen molar-refractivity contribution >= 4 is 5.69 Å². The van der Waals surface area contributed by atoms with Crippen LogP contribution in [0.25, 0.3) is 0 Å². The van der Waals surface area contributed by atoms with Crippen LogP contribution < -0.4 is 5.32 Å². The smallest absolute Gasteiger partial charge is 0.269 e. The third-order valence-corrected chi connectivity index (χ3v) is 4.77. The van der Waals surface area contributed by atoms with Crippen LogP contribution in [0.1, 0.15) is 31.2 Å². The van der Waals surface area contributed by atoms with E-state index in [4.69, 9.17) is 0 Å². The lowest BCUT2D eigenvalue weighted by atomic mass is 9.89. The van der Waals surface area contributed by atoms with Crippen molar-refractivity contribution in [3.8, 4) is 0 Å². The number of rotatable bonds is 5. The number of nitrogens with zero attached hydrogens (tertiary/aromatic N) is 1. The van der Waals surface area contributed by atoms with Gasteiger partial charge in [0.05, 0.1) is 4.92 Å². The average molecular weight is 260 g/mol. The van der Waals surface area contributed by atoms with E-state index in [1.54, 1.807) is 12.1 Å². The third-order valence-electron chi connectivity index (χ3n) is 4.77. The second kappa shape index (κ2) is 5.29. The Balaban J connectivity index is 1.46. The highest BCUT2D eigenvalue weighted by molar-refractivity contribution is 5.32. The van der Waals surface area contributed by atoms with Gasteiger partial charge >= 0.3 is 0 Å². The molecule has 2 fully saturated rings. The Hall–Kier alpha value is -1.42. The zero-order chi connectivity index (χ0) is 13.2. The highest BCUT2D eigenvalue weighted by atomic mass is 16.6. The fourth-order valence-corrected chi connectivity index (χ4v) is 3.76. The molecule has 0 aromatic heterocycles. The maximum atomic E-state index is 10.6. The van der Waals surface area contributed by atoms with Crippen molar-refractivity contribution in [2.45, 2.75) is 32.2 Å². The zero-order valence-corrected chi connectivity index (χ0v) is 11.0. The van der Waals surface area contributed by atoms with Crippen LogP contribution in [-0.2, 0) is 6.54 Å². The first kappa shape index (κ1) is 12.6. The molecule has 0 amide bonds. The van der Waals surface area contributed by atoms with Gasteiger partial charge in [-0.25, -0.2) is 0 Å². The SMILES string of the molecule is O=[N+]([O-])c1ccc(CNC[C@H]2CC3CCC2C3)cc1. The normalized spacial score (nSPS) is 28.7. The van der Waals surface area contributed by atoms with E-state index in [0.717, 1.165) is 36.4 Å². The van der Waals surface area contributed by atoms with Crippen molar-refractivity contribution < 1.29 is 4.92 Å². The van der Waals surface area contributed by atoms with E-state index >= 15 is 0 Å². The molecule has 1 N–H and O–H groups in total. The molecular weight excluding hydrogens is 240 g/mol. The molecule has 19 heavy (non-hydrogen) atoms. The van der Waals surface area contributed by atoms with Crippen molar-refractivity contribution in [3.63, 3.8) is 0 Å². The number of hydrogen-bond acceptors (Lipinski definition) is 3. The molecule has 0 saturated heterocycles. The summed E-state index contributed by atoms with van der Waals surface area (Å²) in [5.74, 6) is 2.81. The molecule has 0 heterocycles. The Labute approximate surface area is 113 Å². The summed E-state index contributed by atoms with van der Waals surface area (Å²) in [5, 5.41) is 14.1. The van der Waals surface area contributed by atoms with E-state index in [2.05, 4.69) is 5.32 Å². The maximum absolute atomic E-state index is 10.6. The average Bonchev–Trinajstić information content (AvgIpc) is 3.02. The summed E-state index contributed by atoms with van der Waals surface area (Å²) in [6.07, 6.45) is 5.72. The number of non-ortho nitro benzene ring substituents is 1. The van der Waals surface area contributed by atoms with Gasteiger partial charge in [-0.2, -0.15) is 0 Å². The fourth-order valence-electron chi connectivity index (χ4n) is 3.76. The highest BCUT2D eigenvalue weighted by Gasteiger charge is 2.38. The van der Waals surface area contributed by atoms with E-state index in [1.165, 1.54) is 25.7 Å². The Bertz CT molecular complexity index is 458. The number of nitro groups is 1. The number of hydrogen-bond donors (Lipinski definition) is 1. The van der Waals surface area contributed by atoms with Crippen molar-refractivity contribution in [1.29, 1.82) is 0 Å². The lowest BCUT2D eigenvalue weighted by molar-refractivity contribution is -0.384. The van der Waals surface area contributed by atoms with Crippen LogP contribution in [0.15, 0.2) is 24.3 Å². The summed E-state index contributed by atoms with van der Waals surface area (Å²) in [4.78, 5) is 10.2. The van der Waals surface area contributed by atoms with Gasteiger partial charge in [0.25, 0.3) is 5.69 Å². The summed E-state index contributed by atoms with van der Waals surface area (Å²) in [6, 6.07) is 6.83. The molecule has 0 spiro atoms. The molecule has 0 aliphatic heterocycles. The molecule has 2 aliphatic carbocycles. The monoisotopic (exact) mass is 260 g/mol. The van der Waals surface area contributed by atoms with Crippen LogP contribution in [0, 0.1) is 27.9 Å². The predicted molar refractivity (Wildman–Crippen MR) is 73.7 cm³/mol. The summed E-state index contributed by atoms with van der Waals surface area (Å²) in [5.41, 5.74) is 1.28. The third kappa shape index (κ3) is 2.78. The number of benzene rings is 1. The van der Waals surface area contributed by atoms with Crippen LogP contribution in [0.3, 0.4) is 0 Å². The maximum Gasteiger partial charge on any atom is 0.269 e. The summed E-state index contributed by atoms with van der Waals surface area (Å²) in [6.45, 7) is 1.91. The molecule has 2 aliphatic rings. The Morgan fingerprint density at radius 2 is 2.00 bits per heavy atom. The molecule has 1 aromatic carbocycles. The molecular formula is C15H20N2O2. The predicted octanol–water partition coefficient (Wildman–Crippen LogP) is 3.12. The number of nitrogens with one attached hydrogen (secondary N) is 1. The molecule has 4 heteroatoms. The highest BCUT2D eigenvalue weighted by Crippen LogP contribution is 2.47. The van der Waals surface area contributed by atoms with Gasteiger partial charge in [-0.1, -0.05) is 18.6 Å². The van der Waals surface area contributed by atoms with E-state index in [0.29, 0.717) is 0 Å². The van der Waals surface area contributed by atoms with E-state index in [9.17, 15) is 10.1 Å². The number of nitro benzene ring substituents is 1. The van der Waals surface area contributed by atoms with Gasteiger partial charge in [0, 0.05) is 18.7 Å². The van der Waals surface area contributed by atoms with Crippen LogP contribution in [0.2, 0.25) is 0 Å². The lowest BCUT2D eigenvalue weighted by Gasteiger charge is -2.21. The minimum absolute atomic E-state index is 0.164. The molecule has 2 unspecified atom stereocenters. The van der Waals surface area contributed by atoms with Crippen molar-refractivity contribution in [1.82, 2.24) is 5.32 Å². The second-order valence-corrected chi connectivity index (χ2v) is 5.99. The molecule has 102 valence electrons. The van der Waals surface area contributed by atoms with E-state index < -0.39 is 0 Å². The van der Waals surface area contributed by atoms with Gasteiger partial charge in [0.15, 0.2) is 0 Å². The molecule has 3 atom stereocenters. The van der Waals surface area contributed by atoms with E-state index in [1.807, 2.05) is 12.1 Å². The van der Waals surface area contributed by atoms with Crippen LogP contribution in [-0.4, -0.2) is 11.5 Å². The fraction of sp³-hybridized carbons (Fsp3) is 0.600. The minimum atomic E-state index is -0.355. The zero-order valence-electron chi connectivity index (χ0n) is 11.0. The molecule has 4 nitrogen and oxygen atoms in total. The molecule has 1 aromatic rings. The first-order chi connectivity index (χ1) is 9.22. The van der Waals surface area contributed by atoms with Crippen molar-refractivity contribution in [3.05, 3.63) is 39.9 Å². The van der Waals surface area contributed by atoms with Crippen LogP contribution in [0.5, 0.6) is 0 Å². The second-order valence-electron chi connectivity index (χ2n) is 5.99. The Morgan fingerprint density at radius 1 is 1.21 bits per heavy atom. The van der Waals surface area contributed by atoms with Gasteiger partial charge in [-0.15, -0.1) is 0 Å². The van der Waals surface area contributed by atoms with Gasteiger partial charge in [0.2, 0.25) is 0 Å². The summed E-state index contributed by atoms with van der Waals surface area (Å²) in [7, 11) is 0. The molecule has 3 rings (SSSR count). The molecule has 0 radical (unpaired) electrons. The van der Waals surface area contributed by atoms with Gasteiger partial charge < -0.3 is 5.32 Å². The molecule has 2 saturated carbocycles. The van der Waals surface area contributed by atoms with Gasteiger partial charge in [0.1, 0.15) is 0 Å². The van der Waals surface area contributed by atoms with Gasteiger partial charge in [-0.3, -0.25) is 10.1 Å².